The fourth-order valence-corrected chi connectivity index (χ4v) is 2.81. The molecule has 0 saturated carbocycles. The number of hydrogen-bond acceptors (Lipinski definition) is 3. The molecule has 4 heteroatoms. The van der Waals surface area contributed by atoms with Gasteiger partial charge in [0.05, 0.1) is 6.04 Å². The fourth-order valence-electron chi connectivity index (χ4n) is 1.93. The predicted molar refractivity (Wildman–Crippen MR) is 77.8 cm³/mol. The zero-order chi connectivity index (χ0) is 14.0. The van der Waals surface area contributed by atoms with E-state index in [4.69, 9.17) is 0 Å². The number of rotatable bonds is 3. The van der Waals surface area contributed by atoms with Crippen molar-refractivity contribution in [1.29, 1.82) is 0 Å². The van der Waals surface area contributed by atoms with Crippen molar-refractivity contribution in [2.24, 2.45) is 0 Å². The summed E-state index contributed by atoms with van der Waals surface area (Å²) in [7, 11) is 0. The van der Waals surface area contributed by atoms with Gasteiger partial charge in [0.15, 0.2) is 0 Å². The highest BCUT2D eigenvalue weighted by Gasteiger charge is 2.14. The number of nitrogens with one attached hydrogen (secondary N) is 1. The minimum atomic E-state index is -0.115. The van der Waals surface area contributed by atoms with Crippen LogP contribution in [0.2, 0.25) is 0 Å². The Bertz CT molecular complexity index is 604. The summed E-state index contributed by atoms with van der Waals surface area (Å²) in [5.41, 5.74) is 1.37. The van der Waals surface area contributed by atoms with Crippen molar-refractivity contribution in [2.75, 3.05) is 0 Å². The van der Waals surface area contributed by atoms with Crippen LogP contribution in [0.5, 0.6) is 5.75 Å². The molecule has 1 amide bonds. The Morgan fingerprint density at radius 2 is 2.00 bits per heavy atom. The van der Waals surface area contributed by atoms with Gasteiger partial charge in [-0.25, -0.2) is 0 Å². The summed E-state index contributed by atoms with van der Waals surface area (Å²) in [5.74, 6) is 0.0621. The van der Waals surface area contributed by atoms with E-state index in [0.29, 0.717) is 5.56 Å². The summed E-state index contributed by atoms with van der Waals surface area (Å²) >= 11 is 1.68. The highest BCUT2D eigenvalue weighted by Crippen LogP contribution is 2.23. The van der Waals surface area contributed by atoms with Crippen LogP contribution in [-0.4, -0.2) is 11.0 Å². The lowest BCUT2D eigenvalue weighted by Crippen LogP contribution is -2.26. The lowest BCUT2D eigenvalue weighted by molar-refractivity contribution is 0.0940. The number of carbonyl (C=O) groups excluding carboxylic acids is 1. The van der Waals surface area contributed by atoms with Crippen LogP contribution in [-0.2, 0) is 0 Å². The van der Waals surface area contributed by atoms with Crippen LogP contribution in [0.15, 0.2) is 30.3 Å². The van der Waals surface area contributed by atoms with Gasteiger partial charge in [-0.1, -0.05) is 0 Å². The topological polar surface area (TPSA) is 49.3 Å². The van der Waals surface area contributed by atoms with Crippen LogP contribution in [0.4, 0.5) is 0 Å². The molecule has 2 N–H and O–H groups in total. The number of phenols is 1. The van der Waals surface area contributed by atoms with Crippen LogP contribution >= 0.6 is 11.3 Å². The smallest absolute Gasteiger partial charge is 0.252 e. The number of carbonyl (C=O) groups is 1. The number of benzene rings is 1. The molecule has 0 aliphatic rings. The van der Waals surface area contributed by atoms with Crippen molar-refractivity contribution in [1.82, 2.24) is 5.32 Å². The fraction of sp³-hybridized carbons (Fsp3) is 0.267. The van der Waals surface area contributed by atoms with Gasteiger partial charge in [0.2, 0.25) is 0 Å². The molecule has 2 rings (SSSR count). The van der Waals surface area contributed by atoms with Crippen molar-refractivity contribution in [3.05, 3.63) is 51.2 Å². The maximum Gasteiger partial charge on any atom is 0.252 e. The molecule has 100 valence electrons. The Kier molecular flexibility index (Phi) is 3.90. The third-order valence-corrected chi connectivity index (χ3v) is 4.17. The van der Waals surface area contributed by atoms with Crippen molar-refractivity contribution < 1.29 is 9.90 Å². The Hall–Kier alpha value is -1.81. The van der Waals surface area contributed by atoms with Crippen LogP contribution in [0.25, 0.3) is 0 Å². The molecule has 1 unspecified atom stereocenters. The van der Waals surface area contributed by atoms with Crippen LogP contribution < -0.4 is 5.32 Å². The number of hydrogen-bond donors (Lipinski definition) is 2. The molecular formula is C15H17NO2S. The second kappa shape index (κ2) is 5.45. The van der Waals surface area contributed by atoms with Crippen LogP contribution in [0.3, 0.4) is 0 Å². The number of aromatic hydroxyl groups is 1. The number of aryl methyl sites for hydroxylation is 2. The highest BCUT2D eigenvalue weighted by atomic mass is 32.1. The van der Waals surface area contributed by atoms with Gasteiger partial charge in [0.1, 0.15) is 5.75 Å². The van der Waals surface area contributed by atoms with Gasteiger partial charge in [0.25, 0.3) is 5.91 Å². The van der Waals surface area contributed by atoms with E-state index < -0.39 is 0 Å². The Labute approximate surface area is 116 Å². The second-order valence-electron chi connectivity index (χ2n) is 4.64. The first-order valence-corrected chi connectivity index (χ1v) is 6.96. The van der Waals surface area contributed by atoms with Gasteiger partial charge in [-0.15, -0.1) is 11.3 Å². The summed E-state index contributed by atoms with van der Waals surface area (Å²) in [5, 5.41) is 12.3. The highest BCUT2D eigenvalue weighted by molar-refractivity contribution is 7.12. The monoisotopic (exact) mass is 275 g/mol. The molecule has 2 aromatic rings. The molecule has 19 heavy (non-hydrogen) atoms. The van der Waals surface area contributed by atoms with Gasteiger partial charge in [-0.2, -0.15) is 0 Å². The van der Waals surface area contributed by atoms with E-state index in [-0.39, 0.29) is 17.7 Å². The molecule has 3 nitrogen and oxygen atoms in total. The summed E-state index contributed by atoms with van der Waals surface area (Å²) in [6.45, 7) is 5.83. The molecule has 1 aromatic carbocycles. The SMILES string of the molecule is Cc1ccc(C(C)NC(=O)c2ccc(O)cc2C)s1. The molecule has 0 bridgehead atoms. The zero-order valence-corrected chi connectivity index (χ0v) is 12.0. The Morgan fingerprint density at radius 1 is 1.26 bits per heavy atom. The lowest BCUT2D eigenvalue weighted by atomic mass is 10.1. The van der Waals surface area contributed by atoms with Gasteiger partial charge in [0, 0.05) is 15.3 Å². The molecule has 0 aliphatic carbocycles. The minimum absolute atomic E-state index is 0.0144. The second-order valence-corrected chi connectivity index (χ2v) is 5.96. The van der Waals surface area contributed by atoms with E-state index in [1.54, 1.807) is 23.5 Å². The summed E-state index contributed by atoms with van der Waals surface area (Å²) in [4.78, 5) is 14.6. The minimum Gasteiger partial charge on any atom is -0.508 e. The third kappa shape index (κ3) is 3.15. The first-order valence-electron chi connectivity index (χ1n) is 6.14. The number of amides is 1. The molecule has 1 heterocycles. The average Bonchev–Trinajstić information content (AvgIpc) is 2.75. The van der Waals surface area contributed by atoms with Crippen LogP contribution in [0, 0.1) is 13.8 Å². The Morgan fingerprint density at radius 3 is 2.58 bits per heavy atom. The predicted octanol–water partition coefficient (Wildman–Crippen LogP) is 3.56. The molecular weight excluding hydrogens is 258 g/mol. The number of phenolic OH excluding ortho intramolecular Hbond substituents is 1. The van der Waals surface area contributed by atoms with Gasteiger partial charge in [-0.3, -0.25) is 4.79 Å². The van der Waals surface area contributed by atoms with Crippen molar-refractivity contribution in [2.45, 2.75) is 26.8 Å². The van der Waals surface area contributed by atoms with Gasteiger partial charge in [-0.05, 0) is 56.7 Å². The molecule has 0 fully saturated rings. The molecule has 0 saturated heterocycles. The normalized spacial score (nSPS) is 12.2. The quantitative estimate of drug-likeness (QED) is 0.899. The zero-order valence-electron chi connectivity index (χ0n) is 11.2. The van der Waals surface area contributed by atoms with Crippen molar-refractivity contribution in [3.63, 3.8) is 0 Å². The molecule has 0 aliphatic heterocycles. The van der Waals surface area contributed by atoms with Crippen molar-refractivity contribution >= 4 is 17.2 Å². The van der Waals surface area contributed by atoms with E-state index >= 15 is 0 Å². The standard InChI is InChI=1S/C15H17NO2S/c1-9-8-12(17)5-6-13(9)15(18)16-11(3)14-7-4-10(2)19-14/h4-8,11,17H,1-3H3,(H,16,18). The van der Waals surface area contributed by atoms with Crippen molar-refractivity contribution in [3.8, 4) is 5.75 Å². The van der Waals surface area contributed by atoms with E-state index in [0.717, 1.165) is 10.4 Å². The maximum absolute atomic E-state index is 12.2. The van der Waals surface area contributed by atoms with E-state index in [1.807, 2.05) is 26.8 Å². The number of thiophene rings is 1. The summed E-state index contributed by atoms with van der Waals surface area (Å²) in [6, 6.07) is 8.84. The average molecular weight is 275 g/mol. The first kappa shape index (κ1) is 13.6. The largest absolute Gasteiger partial charge is 0.508 e. The van der Waals surface area contributed by atoms with Crippen LogP contribution in [0.1, 0.15) is 38.6 Å². The first-order chi connectivity index (χ1) is 8.97. The van der Waals surface area contributed by atoms with E-state index in [1.165, 1.54) is 10.9 Å². The van der Waals surface area contributed by atoms with E-state index in [9.17, 15) is 9.90 Å². The third-order valence-electron chi connectivity index (χ3n) is 2.99. The molecule has 1 atom stereocenters. The molecule has 0 radical (unpaired) electrons. The summed E-state index contributed by atoms with van der Waals surface area (Å²) in [6.07, 6.45) is 0. The van der Waals surface area contributed by atoms with E-state index in [2.05, 4.69) is 11.4 Å². The maximum atomic E-state index is 12.2. The Balaban J connectivity index is 2.12. The van der Waals surface area contributed by atoms with Gasteiger partial charge >= 0.3 is 0 Å². The van der Waals surface area contributed by atoms with Gasteiger partial charge < -0.3 is 10.4 Å². The summed E-state index contributed by atoms with van der Waals surface area (Å²) < 4.78 is 0. The molecule has 1 aromatic heterocycles. The lowest BCUT2D eigenvalue weighted by Gasteiger charge is -2.13. The molecule has 0 spiro atoms.